The van der Waals surface area contributed by atoms with Crippen LogP contribution in [0.4, 0.5) is 5.69 Å². The molecule has 1 aromatic heterocycles. The van der Waals surface area contributed by atoms with Crippen molar-refractivity contribution in [3.8, 4) is 0 Å². The molecule has 112 valence electrons. The van der Waals surface area contributed by atoms with Crippen molar-refractivity contribution in [1.29, 1.82) is 0 Å². The minimum absolute atomic E-state index is 0.00539. The highest BCUT2D eigenvalue weighted by Gasteiger charge is 2.13. The van der Waals surface area contributed by atoms with Crippen LogP contribution >= 0.6 is 0 Å². The lowest BCUT2D eigenvalue weighted by Crippen LogP contribution is -2.26. The van der Waals surface area contributed by atoms with Gasteiger partial charge in [-0.2, -0.15) is 4.98 Å². The molecule has 1 amide bonds. The molecular weight excluding hydrogens is 296 g/mol. The minimum atomic E-state index is -3.43. The van der Waals surface area contributed by atoms with E-state index in [2.05, 4.69) is 20.0 Å². The van der Waals surface area contributed by atoms with Crippen molar-refractivity contribution < 1.29 is 17.7 Å². The van der Waals surface area contributed by atoms with Crippen LogP contribution < -0.4 is 11.1 Å². The summed E-state index contributed by atoms with van der Waals surface area (Å²) in [5, 5.41) is 6.24. The Morgan fingerprint density at radius 1 is 1.38 bits per heavy atom. The maximum absolute atomic E-state index is 12.0. The Hall–Kier alpha value is -2.42. The van der Waals surface area contributed by atoms with E-state index in [0.29, 0.717) is 18.8 Å². The lowest BCUT2D eigenvalue weighted by Gasteiger charge is -2.07. The number of sulfone groups is 1. The Balaban J connectivity index is 2.07. The zero-order valence-corrected chi connectivity index (χ0v) is 12.1. The Labute approximate surface area is 121 Å². The van der Waals surface area contributed by atoms with Crippen molar-refractivity contribution in [2.75, 3.05) is 18.5 Å². The van der Waals surface area contributed by atoms with Crippen LogP contribution in [0.25, 0.3) is 0 Å². The maximum atomic E-state index is 12.0. The number of hydrogen-bond donors (Lipinski definition) is 2. The van der Waals surface area contributed by atoms with Gasteiger partial charge in [0.2, 0.25) is 6.39 Å². The first kappa shape index (κ1) is 15.0. The molecule has 0 aliphatic rings. The normalized spacial score (nSPS) is 11.3. The van der Waals surface area contributed by atoms with Crippen LogP contribution in [0.2, 0.25) is 0 Å². The second-order valence-electron chi connectivity index (χ2n) is 4.42. The number of nitrogens with two attached hydrogens (primary N) is 1. The van der Waals surface area contributed by atoms with Gasteiger partial charge in [0, 0.05) is 30.5 Å². The van der Waals surface area contributed by atoms with Crippen molar-refractivity contribution >= 4 is 21.4 Å². The minimum Gasteiger partial charge on any atom is -0.399 e. The molecule has 0 atom stereocenters. The average molecular weight is 310 g/mol. The van der Waals surface area contributed by atoms with Crippen molar-refractivity contribution in [1.82, 2.24) is 15.5 Å². The number of nitrogens with one attached hydrogen (secondary N) is 1. The molecule has 1 aromatic carbocycles. The number of amides is 1. The fourth-order valence-corrected chi connectivity index (χ4v) is 2.35. The Morgan fingerprint density at radius 3 is 2.76 bits per heavy atom. The van der Waals surface area contributed by atoms with Gasteiger partial charge in [0.05, 0.1) is 4.90 Å². The molecule has 9 heteroatoms. The third-order valence-corrected chi connectivity index (χ3v) is 3.75. The molecule has 0 saturated carbocycles. The zero-order chi connectivity index (χ0) is 15.5. The fourth-order valence-electron chi connectivity index (χ4n) is 1.66. The molecule has 1 heterocycles. The first-order valence-electron chi connectivity index (χ1n) is 6.00. The van der Waals surface area contributed by atoms with Gasteiger partial charge >= 0.3 is 0 Å². The molecule has 0 radical (unpaired) electrons. The van der Waals surface area contributed by atoms with Crippen molar-refractivity contribution in [2.24, 2.45) is 0 Å². The molecule has 2 rings (SSSR count). The quantitative estimate of drug-likeness (QED) is 0.745. The summed E-state index contributed by atoms with van der Waals surface area (Å²) in [5.74, 6) is 0.0513. The van der Waals surface area contributed by atoms with Gasteiger partial charge in [0.25, 0.3) is 5.91 Å². The summed E-state index contributed by atoms with van der Waals surface area (Å²) in [6.07, 6.45) is 2.66. The molecule has 2 aromatic rings. The predicted octanol–water partition coefficient (Wildman–Crippen LogP) is 0.0278. The van der Waals surface area contributed by atoms with Gasteiger partial charge in [-0.15, -0.1) is 0 Å². The fraction of sp³-hybridized carbons (Fsp3) is 0.250. The number of nitrogens with zero attached hydrogens (tertiary/aromatic N) is 2. The van der Waals surface area contributed by atoms with Crippen molar-refractivity contribution in [3.63, 3.8) is 0 Å². The second-order valence-corrected chi connectivity index (χ2v) is 6.43. The second kappa shape index (κ2) is 5.92. The summed E-state index contributed by atoms with van der Waals surface area (Å²) in [6.45, 7) is 0.293. The molecule has 8 nitrogen and oxygen atoms in total. The molecular formula is C12H14N4O4S. The first-order valence-corrected chi connectivity index (χ1v) is 7.89. The van der Waals surface area contributed by atoms with E-state index in [1.165, 1.54) is 24.6 Å². The third kappa shape index (κ3) is 4.02. The number of carbonyl (C=O) groups is 1. The third-order valence-electron chi connectivity index (χ3n) is 2.66. The topological polar surface area (TPSA) is 128 Å². The number of carbonyl (C=O) groups excluding carboxylic acids is 1. The number of aromatic nitrogens is 2. The summed E-state index contributed by atoms with van der Waals surface area (Å²) in [4.78, 5) is 15.8. The van der Waals surface area contributed by atoms with Crippen LogP contribution in [0.1, 0.15) is 16.2 Å². The van der Waals surface area contributed by atoms with Crippen molar-refractivity contribution in [2.45, 2.75) is 11.3 Å². The summed E-state index contributed by atoms with van der Waals surface area (Å²) in [5.41, 5.74) is 6.02. The average Bonchev–Trinajstić information content (AvgIpc) is 2.90. The highest BCUT2D eigenvalue weighted by Crippen LogP contribution is 2.16. The Kier molecular flexibility index (Phi) is 4.22. The smallest absolute Gasteiger partial charge is 0.251 e. The predicted molar refractivity (Wildman–Crippen MR) is 74.3 cm³/mol. The maximum Gasteiger partial charge on any atom is 0.251 e. The van der Waals surface area contributed by atoms with Gasteiger partial charge in [0.1, 0.15) is 0 Å². The monoisotopic (exact) mass is 310 g/mol. The van der Waals surface area contributed by atoms with Crippen LogP contribution in [0.5, 0.6) is 0 Å². The number of nitrogen functional groups attached to an aromatic ring is 1. The lowest BCUT2D eigenvalue weighted by atomic mass is 10.2. The Bertz CT molecular complexity index is 741. The standard InChI is InChI=1S/C12H14N4O4S/c1-21(18,19)10-5-8(4-9(13)6-10)12(17)14-3-2-11-15-7-20-16-11/h4-7H,2-3,13H2,1H3,(H,14,17). The van der Waals surface area contributed by atoms with E-state index in [-0.39, 0.29) is 16.1 Å². The van der Waals surface area contributed by atoms with E-state index < -0.39 is 15.7 Å². The molecule has 0 fully saturated rings. The van der Waals surface area contributed by atoms with Crippen LogP contribution in [0, 0.1) is 0 Å². The molecule has 0 aliphatic carbocycles. The summed E-state index contributed by atoms with van der Waals surface area (Å²) >= 11 is 0. The van der Waals surface area contributed by atoms with Crippen LogP contribution in [-0.2, 0) is 16.3 Å². The SMILES string of the molecule is CS(=O)(=O)c1cc(N)cc(C(=O)NCCc2ncon2)c1. The molecule has 3 N–H and O–H groups in total. The lowest BCUT2D eigenvalue weighted by molar-refractivity contribution is 0.0953. The van der Waals surface area contributed by atoms with Gasteiger partial charge in [-0.25, -0.2) is 8.42 Å². The van der Waals surface area contributed by atoms with Gasteiger partial charge in [0.15, 0.2) is 15.7 Å². The van der Waals surface area contributed by atoms with Gasteiger partial charge in [-0.1, -0.05) is 5.16 Å². The number of hydrogen-bond acceptors (Lipinski definition) is 7. The van der Waals surface area contributed by atoms with Crippen LogP contribution in [0.3, 0.4) is 0 Å². The highest BCUT2D eigenvalue weighted by molar-refractivity contribution is 7.90. The number of anilines is 1. The molecule has 0 bridgehead atoms. The zero-order valence-electron chi connectivity index (χ0n) is 11.2. The van der Waals surface area contributed by atoms with E-state index in [0.717, 1.165) is 6.26 Å². The largest absolute Gasteiger partial charge is 0.399 e. The molecule has 0 aliphatic heterocycles. The van der Waals surface area contributed by atoms with E-state index in [4.69, 9.17) is 5.73 Å². The van der Waals surface area contributed by atoms with Gasteiger partial charge < -0.3 is 15.6 Å². The Morgan fingerprint density at radius 2 is 2.14 bits per heavy atom. The molecule has 0 spiro atoms. The highest BCUT2D eigenvalue weighted by atomic mass is 32.2. The molecule has 21 heavy (non-hydrogen) atoms. The molecule has 0 unspecified atom stereocenters. The summed E-state index contributed by atoms with van der Waals surface area (Å²) < 4.78 is 27.6. The summed E-state index contributed by atoms with van der Waals surface area (Å²) in [6, 6.07) is 4.01. The number of rotatable bonds is 5. The van der Waals surface area contributed by atoms with E-state index >= 15 is 0 Å². The van der Waals surface area contributed by atoms with Crippen LogP contribution in [0.15, 0.2) is 34.0 Å². The first-order chi connectivity index (χ1) is 9.86. The van der Waals surface area contributed by atoms with Gasteiger partial charge in [-0.3, -0.25) is 4.79 Å². The molecule has 0 saturated heterocycles. The van der Waals surface area contributed by atoms with E-state index in [1.807, 2.05) is 0 Å². The number of benzene rings is 1. The van der Waals surface area contributed by atoms with Gasteiger partial charge in [-0.05, 0) is 18.2 Å². The van der Waals surface area contributed by atoms with Crippen LogP contribution in [-0.4, -0.2) is 37.3 Å². The van der Waals surface area contributed by atoms with Crippen molar-refractivity contribution in [3.05, 3.63) is 36.0 Å². The van der Waals surface area contributed by atoms with E-state index in [1.54, 1.807) is 0 Å². The van der Waals surface area contributed by atoms with E-state index in [9.17, 15) is 13.2 Å². The summed E-state index contributed by atoms with van der Waals surface area (Å²) in [7, 11) is -3.43.